The molecule has 17 heavy (non-hydrogen) atoms. The molecule has 1 saturated heterocycles. The van der Waals surface area contributed by atoms with Crippen molar-refractivity contribution in [3.8, 4) is 0 Å². The van der Waals surface area contributed by atoms with Crippen LogP contribution >= 0.6 is 23.2 Å². The highest BCUT2D eigenvalue weighted by Gasteiger charge is 2.30. The lowest BCUT2D eigenvalue weighted by molar-refractivity contribution is -0.145. The number of esters is 2. The molecule has 0 aliphatic carbocycles. The van der Waals surface area contributed by atoms with Gasteiger partial charge < -0.3 is 9.47 Å². The van der Waals surface area contributed by atoms with Crippen LogP contribution in [0.5, 0.6) is 0 Å². The lowest BCUT2D eigenvalue weighted by Crippen LogP contribution is -2.22. The third-order valence-corrected chi connectivity index (χ3v) is 2.85. The topological polar surface area (TPSA) is 65.5 Å². The molecule has 1 fully saturated rings. The molecule has 0 unspecified atom stereocenters. The fraction of sp³-hybridized carbons (Fsp3) is 0.300. The first-order chi connectivity index (χ1) is 8.08. The number of pyridine rings is 1. The van der Waals surface area contributed by atoms with E-state index in [-0.39, 0.29) is 22.3 Å². The number of aromatic nitrogens is 1. The molecule has 0 spiro atoms. The summed E-state index contributed by atoms with van der Waals surface area (Å²) >= 11 is 11.3. The van der Waals surface area contributed by atoms with Crippen molar-refractivity contribution < 1.29 is 19.1 Å². The maximum atomic E-state index is 11.6. The molecule has 1 atom stereocenters. The van der Waals surface area contributed by atoms with Gasteiger partial charge in [-0.3, -0.25) is 0 Å². The molecular weight excluding hydrogens is 269 g/mol. The van der Waals surface area contributed by atoms with E-state index in [4.69, 9.17) is 27.9 Å². The van der Waals surface area contributed by atoms with Crippen LogP contribution in [0, 0.1) is 0 Å². The van der Waals surface area contributed by atoms with Gasteiger partial charge in [0.1, 0.15) is 5.15 Å². The minimum Gasteiger partial charge on any atom is -0.463 e. The molecule has 2 rings (SSSR count). The normalized spacial score (nSPS) is 18.9. The Morgan fingerprint density at radius 1 is 1.53 bits per heavy atom. The first-order valence-electron chi connectivity index (χ1n) is 4.76. The number of ether oxygens (including phenoxy) is 2. The molecule has 1 aliphatic rings. The van der Waals surface area contributed by atoms with Gasteiger partial charge in [0, 0.05) is 12.6 Å². The van der Waals surface area contributed by atoms with E-state index in [1.165, 1.54) is 12.3 Å². The van der Waals surface area contributed by atoms with Gasteiger partial charge >= 0.3 is 11.9 Å². The smallest absolute Gasteiger partial charge is 0.347 e. The number of carbonyl (C=O) groups is 2. The summed E-state index contributed by atoms with van der Waals surface area (Å²) in [6.45, 7) is 0.260. The van der Waals surface area contributed by atoms with Gasteiger partial charge in [-0.2, -0.15) is 0 Å². The number of halogens is 2. The highest BCUT2D eigenvalue weighted by atomic mass is 35.5. The van der Waals surface area contributed by atoms with Crippen LogP contribution in [0.15, 0.2) is 12.3 Å². The van der Waals surface area contributed by atoms with Crippen molar-refractivity contribution in [3.63, 3.8) is 0 Å². The molecule has 2 heterocycles. The minimum atomic E-state index is -0.850. The van der Waals surface area contributed by atoms with E-state index in [2.05, 4.69) is 9.72 Å². The monoisotopic (exact) mass is 275 g/mol. The first kappa shape index (κ1) is 12.1. The van der Waals surface area contributed by atoms with Gasteiger partial charge in [-0.15, -0.1) is 0 Å². The summed E-state index contributed by atoms with van der Waals surface area (Å²) in [6, 6.07) is 1.33. The largest absolute Gasteiger partial charge is 0.463 e. The summed E-state index contributed by atoms with van der Waals surface area (Å²) in [5.74, 6) is -1.22. The van der Waals surface area contributed by atoms with Gasteiger partial charge in [-0.25, -0.2) is 14.6 Å². The van der Waals surface area contributed by atoms with Crippen LogP contribution in [0.2, 0.25) is 10.2 Å². The van der Waals surface area contributed by atoms with Crippen molar-refractivity contribution in [2.75, 3.05) is 6.61 Å². The van der Waals surface area contributed by atoms with E-state index < -0.39 is 18.0 Å². The van der Waals surface area contributed by atoms with E-state index in [1.807, 2.05) is 0 Å². The van der Waals surface area contributed by atoms with E-state index in [0.29, 0.717) is 6.42 Å². The highest BCUT2D eigenvalue weighted by molar-refractivity contribution is 6.41. The van der Waals surface area contributed by atoms with Crippen molar-refractivity contribution in [3.05, 3.63) is 28.0 Å². The Balaban J connectivity index is 2.09. The van der Waals surface area contributed by atoms with E-state index in [9.17, 15) is 9.59 Å². The standard InChI is InChI=1S/C10H7Cl2NO4/c11-6-3-5(4-13-8(6)12)9(14)17-7-1-2-16-10(7)15/h3-4,7H,1-2H2/t7-/m0/s1. The number of hydrogen-bond acceptors (Lipinski definition) is 5. The lowest BCUT2D eigenvalue weighted by atomic mass is 10.2. The summed E-state index contributed by atoms with van der Waals surface area (Å²) in [5.41, 5.74) is 0.138. The van der Waals surface area contributed by atoms with E-state index >= 15 is 0 Å². The van der Waals surface area contributed by atoms with Crippen LogP contribution in [-0.4, -0.2) is 29.6 Å². The second-order valence-corrected chi connectivity index (χ2v) is 4.11. The maximum absolute atomic E-state index is 11.6. The first-order valence-corrected chi connectivity index (χ1v) is 5.52. The quantitative estimate of drug-likeness (QED) is 0.609. The van der Waals surface area contributed by atoms with Gasteiger partial charge in [-0.05, 0) is 6.07 Å². The molecule has 1 aliphatic heterocycles. The van der Waals surface area contributed by atoms with Gasteiger partial charge in [0.2, 0.25) is 6.10 Å². The molecule has 1 aromatic heterocycles. The SMILES string of the molecule is O=C(O[C@H]1CCOC1=O)c1cnc(Cl)c(Cl)c1. The van der Waals surface area contributed by atoms with Crippen LogP contribution < -0.4 is 0 Å². The van der Waals surface area contributed by atoms with E-state index in [1.54, 1.807) is 0 Å². The molecule has 0 aromatic carbocycles. The van der Waals surface area contributed by atoms with Gasteiger partial charge in [0.15, 0.2) is 0 Å². The molecule has 0 bridgehead atoms. The second kappa shape index (κ2) is 4.89. The predicted octanol–water partition coefficient (Wildman–Crippen LogP) is 1.86. The average Bonchev–Trinajstić information content (AvgIpc) is 2.68. The zero-order chi connectivity index (χ0) is 12.4. The summed E-state index contributed by atoms with van der Waals surface area (Å²) < 4.78 is 9.62. The predicted molar refractivity (Wildman–Crippen MR) is 59.0 cm³/mol. The highest BCUT2D eigenvalue weighted by Crippen LogP contribution is 2.21. The Morgan fingerprint density at radius 3 is 2.88 bits per heavy atom. The van der Waals surface area contributed by atoms with Crippen molar-refractivity contribution >= 4 is 35.1 Å². The van der Waals surface area contributed by atoms with Crippen LogP contribution in [0.1, 0.15) is 16.8 Å². The number of carbonyl (C=O) groups excluding carboxylic acids is 2. The molecule has 5 nitrogen and oxygen atoms in total. The molecule has 0 saturated carbocycles. The van der Waals surface area contributed by atoms with Crippen molar-refractivity contribution in [1.29, 1.82) is 0 Å². The summed E-state index contributed by atoms with van der Waals surface area (Å²) in [7, 11) is 0. The van der Waals surface area contributed by atoms with Gasteiger partial charge in [-0.1, -0.05) is 23.2 Å². The van der Waals surface area contributed by atoms with Crippen LogP contribution in [-0.2, 0) is 14.3 Å². The summed E-state index contributed by atoms with van der Waals surface area (Å²) in [5, 5.41) is 0.249. The molecule has 0 amide bonds. The Labute approximate surface area is 107 Å². The van der Waals surface area contributed by atoms with Crippen molar-refractivity contribution in [2.24, 2.45) is 0 Å². The van der Waals surface area contributed by atoms with Crippen LogP contribution in [0.4, 0.5) is 0 Å². The van der Waals surface area contributed by atoms with Crippen LogP contribution in [0.3, 0.4) is 0 Å². The average molecular weight is 276 g/mol. The maximum Gasteiger partial charge on any atom is 0.347 e. The van der Waals surface area contributed by atoms with Crippen molar-refractivity contribution in [1.82, 2.24) is 4.98 Å². The summed E-state index contributed by atoms with van der Waals surface area (Å²) in [4.78, 5) is 26.4. The minimum absolute atomic E-state index is 0.100. The zero-order valence-corrected chi connectivity index (χ0v) is 9.99. The Hall–Kier alpha value is -1.33. The molecular formula is C10H7Cl2NO4. The Kier molecular flexibility index (Phi) is 3.49. The Morgan fingerprint density at radius 2 is 2.29 bits per heavy atom. The summed E-state index contributed by atoms with van der Waals surface area (Å²) in [6.07, 6.45) is 0.743. The number of cyclic esters (lactones) is 1. The fourth-order valence-corrected chi connectivity index (χ4v) is 1.58. The molecule has 0 N–H and O–H groups in total. The zero-order valence-electron chi connectivity index (χ0n) is 8.48. The molecule has 1 aromatic rings. The number of nitrogens with zero attached hydrogens (tertiary/aromatic N) is 1. The van der Waals surface area contributed by atoms with Gasteiger partial charge in [0.25, 0.3) is 0 Å². The van der Waals surface area contributed by atoms with Crippen LogP contribution in [0.25, 0.3) is 0 Å². The third kappa shape index (κ3) is 2.68. The molecule has 7 heteroatoms. The van der Waals surface area contributed by atoms with Crippen molar-refractivity contribution in [2.45, 2.75) is 12.5 Å². The Bertz CT molecular complexity index is 477. The molecule has 90 valence electrons. The fourth-order valence-electron chi connectivity index (χ4n) is 1.31. The number of rotatable bonds is 2. The number of hydrogen-bond donors (Lipinski definition) is 0. The third-order valence-electron chi connectivity index (χ3n) is 2.17. The lowest BCUT2D eigenvalue weighted by Gasteiger charge is -2.08. The van der Waals surface area contributed by atoms with Gasteiger partial charge in [0.05, 0.1) is 17.2 Å². The van der Waals surface area contributed by atoms with E-state index in [0.717, 1.165) is 0 Å². The second-order valence-electron chi connectivity index (χ2n) is 3.35. The molecule has 0 radical (unpaired) electrons.